The van der Waals surface area contributed by atoms with E-state index >= 15 is 0 Å². The predicted molar refractivity (Wildman–Crippen MR) is 150 cm³/mol. The minimum atomic E-state index is -0.183. The van der Waals surface area contributed by atoms with Crippen molar-refractivity contribution in [3.63, 3.8) is 0 Å². The first kappa shape index (κ1) is 20.8. The standard InChI is InChI=1S/C33H25N3/c1-33(2)27-19-23(25-11-3-7-21-9-5-17-34-31(21)25)13-15-29(27)36-30-16-14-24(20-28(30)33)26-12-4-8-22-10-6-18-35-32(22)26/h3-20,36H,1-2H3. The van der Waals surface area contributed by atoms with Gasteiger partial charge < -0.3 is 5.32 Å². The molecule has 0 amide bonds. The van der Waals surface area contributed by atoms with Crippen LogP contribution in [0.15, 0.2) is 109 Å². The molecule has 3 nitrogen and oxygen atoms in total. The summed E-state index contributed by atoms with van der Waals surface area (Å²) in [5.74, 6) is 0. The van der Waals surface area contributed by atoms with Crippen LogP contribution in [-0.2, 0) is 5.41 Å². The van der Waals surface area contributed by atoms with E-state index in [1.165, 1.54) is 22.3 Å². The van der Waals surface area contributed by atoms with Crippen molar-refractivity contribution in [2.75, 3.05) is 5.32 Å². The number of anilines is 2. The Bertz CT molecular complexity index is 1660. The average Bonchev–Trinajstić information content (AvgIpc) is 2.92. The lowest BCUT2D eigenvalue weighted by atomic mass is 9.73. The number of nitrogens with one attached hydrogen (secondary N) is 1. The first-order chi connectivity index (χ1) is 17.6. The van der Waals surface area contributed by atoms with Gasteiger partial charge in [-0.2, -0.15) is 0 Å². The summed E-state index contributed by atoms with van der Waals surface area (Å²) in [5.41, 5.74) is 11.5. The second-order valence-corrected chi connectivity index (χ2v) is 10.0. The number of aromatic nitrogens is 2. The Kier molecular flexibility index (Phi) is 4.49. The maximum absolute atomic E-state index is 4.69. The summed E-state index contributed by atoms with van der Waals surface area (Å²) in [6, 6.07) is 34.5. The molecule has 1 aliphatic rings. The minimum Gasteiger partial charge on any atom is -0.355 e. The number of pyridine rings is 2. The second kappa shape index (κ2) is 7.76. The van der Waals surface area contributed by atoms with Crippen LogP contribution in [0.5, 0.6) is 0 Å². The molecule has 0 spiro atoms. The smallest absolute Gasteiger partial charge is 0.0780 e. The van der Waals surface area contributed by atoms with Crippen molar-refractivity contribution in [2.24, 2.45) is 0 Å². The first-order valence-corrected chi connectivity index (χ1v) is 12.3. The number of fused-ring (bicyclic) bond motifs is 4. The summed E-state index contributed by atoms with van der Waals surface area (Å²) >= 11 is 0. The third kappa shape index (κ3) is 3.13. The molecule has 1 aliphatic heterocycles. The number of rotatable bonds is 2. The Labute approximate surface area is 210 Å². The van der Waals surface area contributed by atoms with E-state index in [9.17, 15) is 0 Å². The highest BCUT2D eigenvalue weighted by atomic mass is 14.9. The molecule has 4 aromatic carbocycles. The van der Waals surface area contributed by atoms with E-state index in [0.717, 1.165) is 44.3 Å². The summed E-state index contributed by atoms with van der Waals surface area (Å²) in [7, 11) is 0. The van der Waals surface area contributed by atoms with Gasteiger partial charge in [0, 0.05) is 51.1 Å². The molecular weight excluding hydrogens is 438 g/mol. The van der Waals surface area contributed by atoms with Gasteiger partial charge in [-0.15, -0.1) is 0 Å². The number of benzene rings is 4. The van der Waals surface area contributed by atoms with Crippen molar-refractivity contribution in [1.29, 1.82) is 0 Å². The highest BCUT2D eigenvalue weighted by Gasteiger charge is 2.33. The van der Waals surface area contributed by atoms with Crippen molar-refractivity contribution in [3.05, 3.63) is 121 Å². The van der Waals surface area contributed by atoms with Crippen molar-refractivity contribution < 1.29 is 0 Å². The average molecular weight is 464 g/mol. The Morgan fingerprint density at radius 2 is 1.03 bits per heavy atom. The molecule has 0 saturated carbocycles. The van der Waals surface area contributed by atoms with Crippen LogP contribution in [0.25, 0.3) is 44.1 Å². The molecule has 0 saturated heterocycles. The fourth-order valence-corrected chi connectivity index (χ4v) is 5.64. The summed E-state index contributed by atoms with van der Waals surface area (Å²) in [6.07, 6.45) is 3.74. The topological polar surface area (TPSA) is 37.8 Å². The van der Waals surface area contributed by atoms with Gasteiger partial charge in [-0.1, -0.05) is 74.5 Å². The highest BCUT2D eigenvalue weighted by Crippen LogP contribution is 2.48. The van der Waals surface area contributed by atoms with Gasteiger partial charge in [-0.25, -0.2) is 0 Å². The maximum atomic E-state index is 4.69. The lowest BCUT2D eigenvalue weighted by molar-refractivity contribution is 0.638. The summed E-state index contributed by atoms with van der Waals surface area (Å²) in [4.78, 5) is 9.38. The van der Waals surface area contributed by atoms with Crippen LogP contribution < -0.4 is 5.32 Å². The molecule has 0 radical (unpaired) electrons. The number of hydrogen-bond acceptors (Lipinski definition) is 3. The lowest BCUT2D eigenvalue weighted by Gasteiger charge is -2.36. The van der Waals surface area contributed by atoms with Gasteiger partial charge in [0.1, 0.15) is 0 Å². The second-order valence-electron chi connectivity index (χ2n) is 10.0. The molecule has 2 aromatic heterocycles. The van der Waals surface area contributed by atoms with Crippen LogP contribution in [0.2, 0.25) is 0 Å². The van der Waals surface area contributed by atoms with E-state index in [1.807, 2.05) is 24.5 Å². The quantitative estimate of drug-likeness (QED) is 0.280. The zero-order valence-corrected chi connectivity index (χ0v) is 20.3. The van der Waals surface area contributed by atoms with E-state index in [2.05, 4.69) is 104 Å². The summed E-state index contributed by atoms with van der Waals surface area (Å²) in [5, 5.41) is 6.01. The van der Waals surface area contributed by atoms with Crippen LogP contribution >= 0.6 is 0 Å². The number of nitrogens with zero attached hydrogens (tertiary/aromatic N) is 2. The normalized spacial score (nSPS) is 13.7. The van der Waals surface area contributed by atoms with Gasteiger partial charge in [0.15, 0.2) is 0 Å². The molecule has 172 valence electrons. The van der Waals surface area contributed by atoms with Crippen LogP contribution in [0.3, 0.4) is 0 Å². The largest absolute Gasteiger partial charge is 0.355 e. The first-order valence-electron chi connectivity index (χ1n) is 12.3. The third-order valence-electron chi connectivity index (χ3n) is 7.54. The molecule has 0 atom stereocenters. The van der Waals surface area contributed by atoms with E-state index in [0.29, 0.717) is 0 Å². The summed E-state index contributed by atoms with van der Waals surface area (Å²) in [6.45, 7) is 4.64. The van der Waals surface area contributed by atoms with Crippen molar-refractivity contribution in [1.82, 2.24) is 9.97 Å². The Balaban J connectivity index is 1.37. The van der Waals surface area contributed by atoms with Crippen molar-refractivity contribution in [3.8, 4) is 22.3 Å². The monoisotopic (exact) mass is 463 g/mol. The van der Waals surface area contributed by atoms with Gasteiger partial charge in [-0.05, 0) is 58.7 Å². The van der Waals surface area contributed by atoms with Crippen molar-refractivity contribution >= 4 is 33.2 Å². The van der Waals surface area contributed by atoms with Gasteiger partial charge in [-0.3, -0.25) is 9.97 Å². The molecule has 3 heteroatoms. The van der Waals surface area contributed by atoms with Gasteiger partial charge in [0.2, 0.25) is 0 Å². The lowest BCUT2D eigenvalue weighted by Crippen LogP contribution is -2.26. The molecule has 6 aromatic rings. The van der Waals surface area contributed by atoms with Crippen LogP contribution in [0.4, 0.5) is 11.4 Å². The molecule has 0 aliphatic carbocycles. The molecule has 3 heterocycles. The molecule has 1 N–H and O–H groups in total. The molecule has 0 bridgehead atoms. The van der Waals surface area contributed by atoms with E-state index < -0.39 is 0 Å². The van der Waals surface area contributed by atoms with Crippen LogP contribution in [-0.4, -0.2) is 9.97 Å². The van der Waals surface area contributed by atoms with Gasteiger partial charge >= 0.3 is 0 Å². The van der Waals surface area contributed by atoms with Gasteiger partial charge in [0.25, 0.3) is 0 Å². The fourth-order valence-electron chi connectivity index (χ4n) is 5.64. The third-order valence-corrected chi connectivity index (χ3v) is 7.54. The number of para-hydroxylation sites is 2. The molecular formula is C33H25N3. The Morgan fingerprint density at radius 1 is 0.556 bits per heavy atom. The fraction of sp³-hybridized carbons (Fsp3) is 0.0909. The zero-order chi connectivity index (χ0) is 24.3. The van der Waals surface area contributed by atoms with Gasteiger partial charge in [0.05, 0.1) is 11.0 Å². The highest BCUT2D eigenvalue weighted by molar-refractivity contribution is 5.96. The van der Waals surface area contributed by atoms with E-state index in [4.69, 9.17) is 9.97 Å². The van der Waals surface area contributed by atoms with E-state index in [-0.39, 0.29) is 5.41 Å². The Morgan fingerprint density at radius 3 is 1.53 bits per heavy atom. The van der Waals surface area contributed by atoms with E-state index in [1.54, 1.807) is 0 Å². The molecule has 0 unspecified atom stereocenters. The van der Waals surface area contributed by atoms with Crippen molar-refractivity contribution in [2.45, 2.75) is 19.3 Å². The predicted octanol–water partition coefficient (Wildman–Crippen LogP) is 8.50. The Hall–Kier alpha value is -4.50. The summed E-state index contributed by atoms with van der Waals surface area (Å²) < 4.78 is 0. The molecule has 36 heavy (non-hydrogen) atoms. The minimum absolute atomic E-state index is 0.183. The SMILES string of the molecule is CC1(C)c2cc(-c3cccc4cccnc34)ccc2Nc2ccc(-c3cccc4cccnc34)cc21. The van der Waals surface area contributed by atoms with Crippen LogP contribution in [0, 0.1) is 0 Å². The van der Waals surface area contributed by atoms with Crippen LogP contribution in [0.1, 0.15) is 25.0 Å². The zero-order valence-electron chi connectivity index (χ0n) is 20.3. The molecule has 7 rings (SSSR count). The molecule has 0 fully saturated rings. The number of hydrogen-bond donors (Lipinski definition) is 1. The maximum Gasteiger partial charge on any atom is 0.0780 e.